The van der Waals surface area contributed by atoms with Crippen molar-refractivity contribution in [1.29, 1.82) is 0 Å². The second-order valence-electron chi connectivity index (χ2n) is 2.87. The van der Waals surface area contributed by atoms with Gasteiger partial charge in [0.25, 0.3) is 0 Å². The molecule has 0 radical (unpaired) electrons. The minimum atomic E-state index is -4.18. The van der Waals surface area contributed by atoms with E-state index in [4.69, 9.17) is 5.11 Å². The maximum atomic E-state index is 13.1. The number of halogens is 1. The van der Waals surface area contributed by atoms with Gasteiger partial charge in [0.15, 0.2) is 0 Å². The summed E-state index contributed by atoms with van der Waals surface area (Å²) < 4.78 is 36.0. The number of aliphatic carboxylic acids is 1. The Labute approximate surface area is 86.3 Å². The highest BCUT2D eigenvalue weighted by Gasteiger charge is 2.29. The third kappa shape index (κ3) is 2.76. The smallest absolute Gasteiger partial charge is 0.307 e. The van der Waals surface area contributed by atoms with Gasteiger partial charge in [-0.15, -0.1) is 0 Å². The zero-order valence-electron chi connectivity index (χ0n) is 7.63. The van der Waals surface area contributed by atoms with Gasteiger partial charge >= 0.3 is 5.97 Å². The minimum absolute atomic E-state index is 0.209. The van der Waals surface area contributed by atoms with E-state index >= 15 is 0 Å². The highest BCUT2D eigenvalue weighted by Crippen LogP contribution is 2.18. The molecular weight excluding hydrogens is 223 g/mol. The normalized spacial score (nSPS) is 13.4. The summed E-state index contributed by atoms with van der Waals surface area (Å²) in [6, 6.07) is 6.93. The van der Waals surface area contributed by atoms with Crippen molar-refractivity contribution in [3.05, 3.63) is 30.3 Å². The summed E-state index contributed by atoms with van der Waals surface area (Å²) in [4.78, 5) is 9.97. The molecule has 1 atom stereocenters. The second-order valence-corrected chi connectivity index (χ2v) is 4.94. The summed E-state index contributed by atoms with van der Waals surface area (Å²) in [6.45, 7) is 0. The van der Waals surface area contributed by atoms with E-state index in [1.807, 2.05) is 0 Å². The summed E-state index contributed by atoms with van der Waals surface area (Å²) in [5.41, 5.74) is -2.41. The Morgan fingerprint density at radius 3 is 2.33 bits per heavy atom. The van der Waals surface area contributed by atoms with Crippen LogP contribution >= 0.6 is 0 Å². The van der Waals surface area contributed by atoms with Crippen LogP contribution in [0, 0.1) is 0 Å². The van der Waals surface area contributed by atoms with E-state index < -0.39 is 27.7 Å². The van der Waals surface area contributed by atoms with Crippen LogP contribution < -0.4 is 0 Å². The quantitative estimate of drug-likeness (QED) is 0.847. The van der Waals surface area contributed by atoms with E-state index in [1.165, 1.54) is 24.3 Å². The fourth-order valence-corrected chi connectivity index (χ4v) is 2.20. The van der Waals surface area contributed by atoms with Crippen LogP contribution in [0.4, 0.5) is 4.39 Å². The number of hydrogen-bond acceptors (Lipinski definition) is 3. The lowest BCUT2D eigenvalue weighted by Crippen LogP contribution is -2.20. The molecule has 82 valence electrons. The summed E-state index contributed by atoms with van der Waals surface area (Å²) in [5.74, 6) is -1.48. The van der Waals surface area contributed by atoms with Crippen LogP contribution in [0.25, 0.3) is 0 Å². The summed E-state index contributed by atoms with van der Waals surface area (Å²) in [7, 11) is -4.18. The summed E-state index contributed by atoms with van der Waals surface area (Å²) in [5, 5.41) is 8.29. The number of alkyl halides is 1. The van der Waals surface area contributed by atoms with Gasteiger partial charge in [-0.25, -0.2) is 12.8 Å². The van der Waals surface area contributed by atoms with E-state index in [1.54, 1.807) is 6.07 Å². The molecule has 0 heterocycles. The lowest BCUT2D eigenvalue weighted by molar-refractivity contribution is -0.137. The van der Waals surface area contributed by atoms with Crippen LogP contribution in [0.3, 0.4) is 0 Å². The molecule has 0 saturated carbocycles. The van der Waals surface area contributed by atoms with Crippen LogP contribution in [0.15, 0.2) is 35.2 Å². The van der Waals surface area contributed by atoms with Crippen molar-refractivity contribution in [3.8, 4) is 0 Å². The number of carbonyl (C=O) groups is 1. The number of sulfone groups is 1. The number of benzene rings is 1. The standard InChI is InChI=1S/C9H9FO4S/c10-8(6-9(11)12)15(13,14)7-4-2-1-3-5-7/h1-5,8H,6H2,(H,11,12). The number of carboxylic acid groups (broad SMARTS) is 1. The zero-order chi connectivity index (χ0) is 11.5. The van der Waals surface area contributed by atoms with Crippen molar-refractivity contribution >= 4 is 15.8 Å². The van der Waals surface area contributed by atoms with E-state index in [0.29, 0.717) is 0 Å². The fraction of sp³-hybridized carbons (Fsp3) is 0.222. The molecule has 0 amide bonds. The molecule has 0 aliphatic heterocycles. The fourth-order valence-electron chi connectivity index (χ4n) is 1.00. The van der Waals surface area contributed by atoms with E-state index in [2.05, 4.69) is 0 Å². The van der Waals surface area contributed by atoms with E-state index in [9.17, 15) is 17.6 Å². The number of hydrogen-bond donors (Lipinski definition) is 1. The molecule has 0 bridgehead atoms. The maximum absolute atomic E-state index is 13.1. The monoisotopic (exact) mass is 232 g/mol. The summed E-state index contributed by atoms with van der Waals surface area (Å²) >= 11 is 0. The molecule has 1 N–H and O–H groups in total. The molecule has 1 aromatic carbocycles. The molecule has 0 aromatic heterocycles. The van der Waals surface area contributed by atoms with Crippen molar-refractivity contribution < 1.29 is 22.7 Å². The van der Waals surface area contributed by atoms with Gasteiger partial charge < -0.3 is 5.11 Å². The Bertz CT molecular complexity index is 440. The van der Waals surface area contributed by atoms with Gasteiger partial charge in [-0.3, -0.25) is 4.79 Å². The Kier molecular flexibility index (Phi) is 3.41. The van der Waals surface area contributed by atoms with Gasteiger partial charge in [-0.05, 0) is 12.1 Å². The average molecular weight is 232 g/mol. The third-order valence-corrected chi connectivity index (χ3v) is 3.51. The predicted octanol–water partition coefficient (Wildman–Crippen LogP) is 1.23. The van der Waals surface area contributed by atoms with Gasteiger partial charge in [0, 0.05) is 0 Å². The molecule has 0 saturated heterocycles. The largest absolute Gasteiger partial charge is 0.481 e. The van der Waals surface area contributed by atoms with Gasteiger partial charge in [0.2, 0.25) is 15.3 Å². The molecule has 1 aromatic rings. The molecule has 1 rings (SSSR count). The van der Waals surface area contributed by atoms with Crippen molar-refractivity contribution in [1.82, 2.24) is 0 Å². The third-order valence-electron chi connectivity index (χ3n) is 1.74. The first kappa shape index (κ1) is 11.6. The number of rotatable bonds is 4. The van der Waals surface area contributed by atoms with Crippen LogP contribution in [0.2, 0.25) is 0 Å². The van der Waals surface area contributed by atoms with Crippen LogP contribution in [0.1, 0.15) is 6.42 Å². The van der Waals surface area contributed by atoms with E-state index in [-0.39, 0.29) is 4.90 Å². The Balaban J connectivity index is 2.99. The molecule has 1 unspecified atom stereocenters. The van der Waals surface area contributed by atoms with Crippen molar-refractivity contribution in [2.75, 3.05) is 0 Å². The van der Waals surface area contributed by atoms with E-state index in [0.717, 1.165) is 0 Å². The second kappa shape index (κ2) is 4.39. The zero-order valence-corrected chi connectivity index (χ0v) is 8.45. The van der Waals surface area contributed by atoms with Crippen molar-refractivity contribution in [3.63, 3.8) is 0 Å². The molecular formula is C9H9FO4S. The molecule has 0 aliphatic rings. The van der Waals surface area contributed by atoms with Gasteiger partial charge in [0.05, 0.1) is 11.3 Å². The topological polar surface area (TPSA) is 71.4 Å². The Morgan fingerprint density at radius 2 is 1.87 bits per heavy atom. The van der Waals surface area contributed by atoms with Crippen LogP contribution in [-0.2, 0) is 14.6 Å². The van der Waals surface area contributed by atoms with Gasteiger partial charge in [0.1, 0.15) is 0 Å². The van der Waals surface area contributed by atoms with Gasteiger partial charge in [-0.2, -0.15) is 0 Å². The van der Waals surface area contributed by atoms with Gasteiger partial charge in [-0.1, -0.05) is 18.2 Å². The average Bonchev–Trinajstić information content (AvgIpc) is 2.18. The minimum Gasteiger partial charge on any atom is -0.481 e. The molecule has 15 heavy (non-hydrogen) atoms. The lowest BCUT2D eigenvalue weighted by atomic mass is 10.4. The van der Waals surface area contributed by atoms with Crippen LogP contribution in [0.5, 0.6) is 0 Å². The maximum Gasteiger partial charge on any atom is 0.307 e. The molecule has 4 nitrogen and oxygen atoms in total. The molecule has 0 spiro atoms. The SMILES string of the molecule is O=C(O)CC(F)S(=O)(=O)c1ccccc1. The van der Waals surface area contributed by atoms with Crippen molar-refractivity contribution in [2.45, 2.75) is 16.8 Å². The first-order valence-electron chi connectivity index (χ1n) is 4.09. The van der Waals surface area contributed by atoms with Crippen LogP contribution in [-0.4, -0.2) is 25.0 Å². The highest BCUT2D eigenvalue weighted by atomic mass is 32.2. The highest BCUT2D eigenvalue weighted by molar-refractivity contribution is 7.92. The molecule has 0 fully saturated rings. The Hall–Kier alpha value is -1.43. The first-order chi connectivity index (χ1) is 6.94. The lowest BCUT2D eigenvalue weighted by Gasteiger charge is -2.07. The Morgan fingerprint density at radius 1 is 1.33 bits per heavy atom. The first-order valence-corrected chi connectivity index (χ1v) is 5.64. The molecule has 6 heteroatoms. The predicted molar refractivity (Wildman–Crippen MR) is 50.8 cm³/mol. The summed E-state index contributed by atoms with van der Waals surface area (Å²) in [6.07, 6.45) is -1.04. The number of carboxylic acids is 1. The van der Waals surface area contributed by atoms with Crippen molar-refractivity contribution in [2.24, 2.45) is 0 Å². The molecule has 0 aliphatic carbocycles.